The van der Waals surface area contributed by atoms with Crippen LogP contribution in [0.2, 0.25) is 0 Å². The molecule has 0 bridgehead atoms. The number of carbonyl (C=O) groups is 1. The highest BCUT2D eigenvalue weighted by Crippen LogP contribution is 2.32. The van der Waals surface area contributed by atoms with Gasteiger partial charge in [0.1, 0.15) is 11.5 Å². The average Bonchev–Trinajstić information content (AvgIpc) is 2.57. The molecule has 0 heterocycles. The van der Waals surface area contributed by atoms with Gasteiger partial charge in [0.2, 0.25) is 0 Å². The second-order valence-electron chi connectivity index (χ2n) is 6.69. The third-order valence-corrected chi connectivity index (χ3v) is 4.74. The molecular weight excluding hydrogens is 464 g/mol. The molecule has 2 aromatic carbocycles. The lowest BCUT2D eigenvalue weighted by atomic mass is 9.87. The van der Waals surface area contributed by atoms with Crippen LogP contribution < -0.4 is 10.2 Å². The van der Waals surface area contributed by atoms with E-state index in [4.69, 9.17) is 4.74 Å². The Morgan fingerprint density at radius 1 is 1.19 bits per heavy atom. The third kappa shape index (κ3) is 5.85. The molecule has 0 saturated carbocycles. The molecule has 0 radical (unpaired) electrons. The number of rotatable bonds is 5. The molecule has 1 amide bonds. The van der Waals surface area contributed by atoms with Crippen LogP contribution in [0.1, 0.15) is 31.9 Å². The molecule has 0 unspecified atom stereocenters. The van der Waals surface area contributed by atoms with Crippen molar-refractivity contribution in [2.45, 2.75) is 26.2 Å². The molecule has 2 N–H and O–H groups in total. The molecule has 7 heteroatoms. The SMILES string of the molecule is CC(C)(C)c1ccc(OCC(=O)N/N=C/c2cc(Br)c(O)c(Br)c2)cc1. The molecule has 138 valence electrons. The minimum Gasteiger partial charge on any atom is -0.506 e. The summed E-state index contributed by atoms with van der Waals surface area (Å²) in [5.41, 5.74) is 4.38. The lowest BCUT2D eigenvalue weighted by molar-refractivity contribution is -0.123. The first kappa shape index (κ1) is 20.5. The second-order valence-corrected chi connectivity index (χ2v) is 8.40. The zero-order valence-corrected chi connectivity index (χ0v) is 17.9. The minimum atomic E-state index is -0.363. The molecule has 0 fully saturated rings. The highest BCUT2D eigenvalue weighted by molar-refractivity contribution is 9.11. The largest absolute Gasteiger partial charge is 0.506 e. The molecule has 0 aliphatic heterocycles. The summed E-state index contributed by atoms with van der Waals surface area (Å²) in [5, 5.41) is 13.5. The number of aromatic hydroxyl groups is 1. The van der Waals surface area contributed by atoms with Crippen molar-refractivity contribution < 1.29 is 14.6 Å². The molecule has 0 saturated heterocycles. The van der Waals surface area contributed by atoms with E-state index in [0.717, 1.165) is 0 Å². The van der Waals surface area contributed by atoms with Crippen LogP contribution >= 0.6 is 31.9 Å². The normalized spacial score (nSPS) is 11.6. The molecule has 2 aromatic rings. The Hall–Kier alpha value is -1.86. The monoisotopic (exact) mass is 482 g/mol. The van der Waals surface area contributed by atoms with Gasteiger partial charge in [-0.05, 0) is 72.7 Å². The number of hydrogen-bond donors (Lipinski definition) is 2. The summed E-state index contributed by atoms with van der Waals surface area (Å²) >= 11 is 6.47. The molecule has 0 atom stereocenters. The smallest absolute Gasteiger partial charge is 0.277 e. The molecule has 26 heavy (non-hydrogen) atoms. The molecular formula is C19H20Br2N2O3. The van der Waals surface area contributed by atoms with Gasteiger partial charge in [0.15, 0.2) is 6.61 Å². The molecule has 0 aromatic heterocycles. The van der Waals surface area contributed by atoms with Crippen molar-refractivity contribution in [1.29, 1.82) is 0 Å². The number of benzene rings is 2. The van der Waals surface area contributed by atoms with E-state index in [1.807, 2.05) is 24.3 Å². The first-order valence-electron chi connectivity index (χ1n) is 7.90. The molecule has 0 spiro atoms. The first-order chi connectivity index (χ1) is 12.2. The topological polar surface area (TPSA) is 70.9 Å². The van der Waals surface area contributed by atoms with Gasteiger partial charge in [-0.3, -0.25) is 4.79 Å². The number of halogens is 2. The van der Waals surface area contributed by atoms with Crippen LogP contribution in [0.5, 0.6) is 11.5 Å². The molecule has 0 aliphatic carbocycles. The maximum Gasteiger partial charge on any atom is 0.277 e. The van der Waals surface area contributed by atoms with Crippen LogP contribution in [-0.2, 0) is 10.2 Å². The van der Waals surface area contributed by atoms with Crippen molar-refractivity contribution in [3.63, 3.8) is 0 Å². The highest BCUT2D eigenvalue weighted by atomic mass is 79.9. The lowest BCUT2D eigenvalue weighted by Crippen LogP contribution is -2.24. The fourth-order valence-electron chi connectivity index (χ4n) is 2.07. The van der Waals surface area contributed by atoms with E-state index in [2.05, 4.69) is 63.2 Å². The van der Waals surface area contributed by atoms with Crippen LogP contribution in [0.3, 0.4) is 0 Å². The van der Waals surface area contributed by atoms with E-state index in [1.54, 1.807) is 12.1 Å². The van der Waals surface area contributed by atoms with Gasteiger partial charge in [-0.25, -0.2) is 5.43 Å². The Morgan fingerprint density at radius 2 is 1.77 bits per heavy atom. The molecule has 2 rings (SSSR count). The van der Waals surface area contributed by atoms with Crippen LogP contribution in [-0.4, -0.2) is 23.8 Å². The summed E-state index contributed by atoms with van der Waals surface area (Å²) in [6.45, 7) is 6.29. The first-order valence-corrected chi connectivity index (χ1v) is 9.48. The van der Waals surface area contributed by atoms with E-state index in [1.165, 1.54) is 11.8 Å². The second kappa shape index (κ2) is 8.68. The summed E-state index contributed by atoms with van der Waals surface area (Å²) in [6, 6.07) is 11.1. The number of carbonyl (C=O) groups excluding carboxylic acids is 1. The van der Waals surface area contributed by atoms with Gasteiger partial charge in [0.25, 0.3) is 5.91 Å². The lowest BCUT2D eigenvalue weighted by Gasteiger charge is -2.19. The van der Waals surface area contributed by atoms with E-state index in [0.29, 0.717) is 20.3 Å². The van der Waals surface area contributed by atoms with Crippen LogP contribution in [0.25, 0.3) is 0 Å². The van der Waals surface area contributed by atoms with Crippen LogP contribution in [0, 0.1) is 0 Å². The standard InChI is InChI=1S/C19H20Br2N2O3/c1-19(2,3)13-4-6-14(7-5-13)26-11-17(24)23-22-10-12-8-15(20)18(25)16(21)9-12/h4-10,25H,11H2,1-3H3,(H,23,24)/b22-10+. The number of hydrazone groups is 1. The van der Waals surface area contributed by atoms with Crippen molar-refractivity contribution >= 4 is 44.0 Å². The fourth-order valence-corrected chi connectivity index (χ4v) is 3.29. The van der Waals surface area contributed by atoms with Gasteiger partial charge >= 0.3 is 0 Å². The van der Waals surface area contributed by atoms with Crippen LogP contribution in [0.15, 0.2) is 50.4 Å². The Labute approximate surface area is 169 Å². The van der Waals surface area contributed by atoms with Crippen molar-refractivity contribution in [3.8, 4) is 11.5 Å². The quantitative estimate of drug-likeness (QED) is 0.476. The fraction of sp³-hybridized carbons (Fsp3) is 0.263. The van der Waals surface area contributed by atoms with Gasteiger partial charge in [0.05, 0.1) is 15.2 Å². The number of nitrogens with zero attached hydrogens (tertiary/aromatic N) is 1. The number of hydrogen-bond acceptors (Lipinski definition) is 4. The van der Waals surface area contributed by atoms with Crippen molar-refractivity contribution in [1.82, 2.24) is 5.43 Å². The van der Waals surface area contributed by atoms with E-state index >= 15 is 0 Å². The van der Waals surface area contributed by atoms with Crippen molar-refractivity contribution in [3.05, 3.63) is 56.5 Å². The summed E-state index contributed by atoms with van der Waals surface area (Å²) < 4.78 is 6.52. The molecule has 0 aliphatic rings. The number of amides is 1. The third-order valence-electron chi connectivity index (χ3n) is 3.53. The number of ether oxygens (including phenoxy) is 1. The van der Waals surface area contributed by atoms with Gasteiger partial charge in [-0.2, -0.15) is 5.10 Å². The van der Waals surface area contributed by atoms with Crippen molar-refractivity contribution in [2.75, 3.05) is 6.61 Å². The maximum absolute atomic E-state index is 11.8. The predicted molar refractivity (Wildman–Crippen MR) is 110 cm³/mol. The van der Waals surface area contributed by atoms with Crippen molar-refractivity contribution in [2.24, 2.45) is 5.10 Å². The van der Waals surface area contributed by atoms with E-state index in [9.17, 15) is 9.90 Å². The predicted octanol–water partition coefficient (Wildman–Crippen LogP) is 4.74. The van der Waals surface area contributed by atoms with E-state index < -0.39 is 0 Å². The summed E-state index contributed by atoms with van der Waals surface area (Å²) in [5.74, 6) is 0.374. The zero-order valence-electron chi connectivity index (χ0n) is 14.7. The maximum atomic E-state index is 11.8. The Balaban J connectivity index is 1.85. The Morgan fingerprint density at radius 3 is 2.31 bits per heavy atom. The number of phenols is 1. The Bertz CT molecular complexity index is 790. The number of phenolic OH excluding ortho intramolecular Hbond substituents is 1. The van der Waals surface area contributed by atoms with Crippen LogP contribution in [0.4, 0.5) is 0 Å². The molecule has 5 nitrogen and oxygen atoms in total. The van der Waals surface area contributed by atoms with Gasteiger partial charge < -0.3 is 9.84 Å². The summed E-state index contributed by atoms with van der Waals surface area (Å²) in [4.78, 5) is 11.8. The summed E-state index contributed by atoms with van der Waals surface area (Å²) in [7, 11) is 0. The zero-order chi connectivity index (χ0) is 19.3. The van der Waals surface area contributed by atoms with E-state index in [-0.39, 0.29) is 23.7 Å². The summed E-state index contributed by atoms with van der Waals surface area (Å²) in [6.07, 6.45) is 1.48. The van der Waals surface area contributed by atoms with Gasteiger partial charge in [0, 0.05) is 0 Å². The van der Waals surface area contributed by atoms with Gasteiger partial charge in [-0.15, -0.1) is 0 Å². The number of nitrogens with one attached hydrogen (secondary N) is 1. The Kier molecular flexibility index (Phi) is 6.83. The minimum absolute atomic E-state index is 0.0723. The average molecular weight is 484 g/mol. The van der Waals surface area contributed by atoms with Gasteiger partial charge in [-0.1, -0.05) is 32.9 Å². The highest BCUT2D eigenvalue weighted by Gasteiger charge is 2.13.